The Morgan fingerprint density at radius 3 is 2.48 bits per heavy atom. The Balaban J connectivity index is 2.05. The Bertz CT molecular complexity index is 621. The number of aliphatic hydroxyl groups is 1. The molecule has 2 N–H and O–H groups in total. The van der Waals surface area contributed by atoms with Crippen LogP contribution in [0.25, 0.3) is 0 Å². The summed E-state index contributed by atoms with van der Waals surface area (Å²) in [6.45, 7) is 1.60. The molecule has 1 aromatic carbocycles. The smallest absolute Gasteiger partial charge is 0.240 e. The Kier molecular flexibility index (Phi) is 5.37. The number of sulfonamides is 1. The summed E-state index contributed by atoms with van der Waals surface area (Å²) in [5, 5.41) is 8.63. The molecule has 114 valence electrons. The van der Waals surface area contributed by atoms with Gasteiger partial charge < -0.3 is 10.0 Å². The first-order valence-electron chi connectivity index (χ1n) is 6.92. The zero-order valence-electron chi connectivity index (χ0n) is 12.0. The van der Waals surface area contributed by atoms with Gasteiger partial charge >= 0.3 is 0 Å². The van der Waals surface area contributed by atoms with E-state index in [2.05, 4.69) is 21.5 Å². The number of nitrogens with one attached hydrogen (secondary N) is 1. The first-order chi connectivity index (χ1) is 10.0. The molecule has 21 heavy (non-hydrogen) atoms. The van der Waals surface area contributed by atoms with Gasteiger partial charge in [-0.3, -0.25) is 0 Å². The van der Waals surface area contributed by atoms with Crippen molar-refractivity contribution in [2.24, 2.45) is 0 Å². The molecule has 0 amide bonds. The highest BCUT2D eigenvalue weighted by atomic mass is 32.2. The molecule has 1 heterocycles. The van der Waals surface area contributed by atoms with Crippen LogP contribution in [-0.4, -0.2) is 51.2 Å². The second-order valence-electron chi connectivity index (χ2n) is 5.18. The van der Waals surface area contributed by atoms with E-state index in [1.807, 2.05) is 7.05 Å². The van der Waals surface area contributed by atoms with Crippen LogP contribution in [-0.2, 0) is 10.0 Å². The maximum Gasteiger partial charge on any atom is 0.240 e. The van der Waals surface area contributed by atoms with Crippen molar-refractivity contribution in [3.05, 3.63) is 29.8 Å². The zero-order chi connectivity index (χ0) is 15.3. The standard InChI is InChI=1S/C15H20N2O3S/c1-17-10-8-14(9-11-17)16-21(19,20)15-6-4-13(5-7-15)3-2-12-18/h4-7,14,16,18H,8-12H2,1H3. The van der Waals surface area contributed by atoms with Crippen LogP contribution >= 0.6 is 0 Å². The Hall–Kier alpha value is -1.39. The fourth-order valence-corrected chi connectivity index (χ4v) is 3.58. The van der Waals surface area contributed by atoms with Crippen molar-refractivity contribution < 1.29 is 13.5 Å². The summed E-state index contributed by atoms with van der Waals surface area (Å²) in [5.41, 5.74) is 0.683. The molecule has 1 saturated heterocycles. The molecule has 0 atom stereocenters. The monoisotopic (exact) mass is 308 g/mol. The average Bonchev–Trinajstić information content (AvgIpc) is 2.48. The molecule has 1 fully saturated rings. The lowest BCUT2D eigenvalue weighted by Gasteiger charge is -2.29. The van der Waals surface area contributed by atoms with Gasteiger partial charge in [0.2, 0.25) is 10.0 Å². The lowest BCUT2D eigenvalue weighted by Crippen LogP contribution is -2.43. The molecule has 2 rings (SSSR count). The van der Waals surface area contributed by atoms with Crippen LogP contribution in [0.1, 0.15) is 18.4 Å². The van der Waals surface area contributed by atoms with Crippen molar-refractivity contribution in [3.8, 4) is 11.8 Å². The van der Waals surface area contributed by atoms with E-state index in [0.29, 0.717) is 5.56 Å². The summed E-state index contributed by atoms with van der Waals surface area (Å²) in [5.74, 6) is 5.27. The highest BCUT2D eigenvalue weighted by Crippen LogP contribution is 2.14. The van der Waals surface area contributed by atoms with Crippen LogP contribution in [0.15, 0.2) is 29.2 Å². The number of nitrogens with zero attached hydrogens (tertiary/aromatic N) is 1. The molecule has 0 unspecified atom stereocenters. The van der Waals surface area contributed by atoms with Crippen molar-refractivity contribution in [2.45, 2.75) is 23.8 Å². The minimum Gasteiger partial charge on any atom is -0.384 e. The third-order valence-electron chi connectivity index (χ3n) is 3.52. The van der Waals surface area contributed by atoms with Crippen molar-refractivity contribution in [1.82, 2.24) is 9.62 Å². The van der Waals surface area contributed by atoms with Crippen LogP contribution in [0.4, 0.5) is 0 Å². The minimum atomic E-state index is -3.48. The predicted molar refractivity (Wildman–Crippen MR) is 81.2 cm³/mol. The number of benzene rings is 1. The second kappa shape index (κ2) is 7.05. The van der Waals surface area contributed by atoms with Crippen LogP contribution in [0.3, 0.4) is 0 Å². The number of piperidine rings is 1. The molecule has 1 aliphatic heterocycles. The summed E-state index contributed by atoms with van der Waals surface area (Å²) in [7, 11) is -1.44. The van der Waals surface area contributed by atoms with Gasteiger partial charge in [-0.25, -0.2) is 13.1 Å². The SMILES string of the molecule is CN1CCC(NS(=O)(=O)c2ccc(C#CCO)cc2)CC1. The van der Waals surface area contributed by atoms with Gasteiger partial charge in [0.15, 0.2) is 0 Å². The largest absolute Gasteiger partial charge is 0.384 e. The molecule has 1 aromatic rings. The van der Waals surface area contributed by atoms with Crippen molar-refractivity contribution in [3.63, 3.8) is 0 Å². The topological polar surface area (TPSA) is 69.6 Å². The molecule has 1 aliphatic rings. The molecule has 6 heteroatoms. The number of aliphatic hydroxyl groups excluding tert-OH is 1. The molecule has 0 radical (unpaired) electrons. The summed E-state index contributed by atoms with van der Waals surface area (Å²) in [6, 6.07) is 6.37. The normalized spacial score (nSPS) is 17.2. The van der Waals surface area contributed by atoms with Gasteiger partial charge in [-0.05, 0) is 57.2 Å². The van der Waals surface area contributed by atoms with E-state index in [1.165, 1.54) is 0 Å². The van der Waals surface area contributed by atoms with Crippen LogP contribution in [0.2, 0.25) is 0 Å². The third kappa shape index (κ3) is 4.55. The number of hydrogen-bond acceptors (Lipinski definition) is 4. The number of likely N-dealkylation sites (tertiary alicyclic amines) is 1. The van der Waals surface area contributed by atoms with E-state index in [4.69, 9.17) is 5.11 Å². The van der Waals surface area contributed by atoms with Crippen molar-refractivity contribution in [2.75, 3.05) is 26.7 Å². The fraction of sp³-hybridized carbons (Fsp3) is 0.467. The first-order valence-corrected chi connectivity index (χ1v) is 8.40. The van der Waals surface area contributed by atoms with Crippen molar-refractivity contribution >= 4 is 10.0 Å². The maximum absolute atomic E-state index is 12.3. The maximum atomic E-state index is 12.3. The van der Waals surface area contributed by atoms with Crippen LogP contribution in [0.5, 0.6) is 0 Å². The predicted octanol–water partition coefficient (Wildman–Crippen LogP) is 0.403. The highest BCUT2D eigenvalue weighted by molar-refractivity contribution is 7.89. The highest BCUT2D eigenvalue weighted by Gasteiger charge is 2.23. The van der Waals surface area contributed by atoms with E-state index in [1.54, 1.807) is 24.3 Å². The third-order valence-corrected chi connectivity index (χ3v) is 5.05. The summed E-state index contributed by atoms with van der Waals surface area (Å²) in [4.78, 5) is 2.44. The summed E-state index contributed by atoms with van der Waals surface area (Å²) >= 11 is 0. The van der Waals surface area contributed by atoms with Gasteiger partial charge in [0, 0.05) is 11.6 Å². The molecule has 5 nitrogen and oxygen atoms in total. The fourth-order valence-electron chi connectivity index (χ4n) is 2.27. The van der Waals surface area contributed by atoms with Gasteiger partial charge in [0.1, 0.15) is 6.61 Å². The first kappa shape index (κ1) is 16.0. The molecular formula is C15H20N2O3S. The van der Waals surface area contributed by atoms with Gasteiger partial charge in [0.05, 0.1) is 4.90 Å². The Labute approximate surface area is 126 Å². The van der Waals surface area contributed by atoms with Gasteiger partial charge in [-0.15, -0.1) is 0 Å². The van der Waals surface area contributed by atoms with Gasteiger partial charge in [-0.1, -0.05) is 11.8 Å². The molecule has 0 saturated carbocycles. The second-order valence-corrected chi connectivity index (χ2v) is 6.90. The molecule has 0 bridgehead atoms. The molecular weight excluding hydrogens is 288 g/mol. The summed E-state index contributed by atoms with van der Waals surface area (Å²) in [6.07, 6.45) is 1.66. The quantitative estimate of drug-likeness (QED) is 0.793. The molecule has 0 aliphatic carbocycles. The summed E-state index contributed by atoms with van der Waals surface area (Å²) < 4.78 is 27.4. The van der Waals surface area contributed by atoms with E-state index in [-0.39, 0.29) is 17.5 Å². The van der Waals surface area contributed by atoms with Gasteiger partial charge in [0.25, 0.3) is 0 Å². The molecule has 0 aromatic heterocycles. The lowest BCUT2D eigenvalue weighted by molar-refractivity contribution is 0.248. The Morgan fingerprint density at radius 1 is 1.29 bits per heavy atom. The minimum absolute atomic E-state index is 0.0000529. The number of rotatable bonds is 3. The zero-order valence-corrected chi connectivity index (χ0v) is 12.9. The number of hydrogen-bond donors (Lipinski definition) is 2. The average molecular weight is 308 g/mol. The van der Waals surface area contributed by atoms with Crippen LogP contribution < -0.4 is 4.72 Å². The lowest BCUT2D eigenvalue weighted by atomic mass is 10.1. The molecule has 0 spiro atoms. The van der Waals surface area contributed by atoms with E-state index in [9.17, 15) is 8.42 Å². The Morgan fingerprint density at radius 2 is 1.90 bits per heavy atom. The van der Waals surface area contributed by atoms with E-state index < -0.39 is 10.0 Å². The van der Waals surface area contributed by atoms with Crippen LogP contribution in [0, 0.1) is 11.8 Å². The van der Waals surface area contributed by atoms with E-state index >= 15 is 0 Å². The van der Waals surface area contributed by atoms with E-state index in [0.717, 1.165) is 25.9 Å². The van der Waals surface area contributed by atoms with Crippen molar-refractivity contribution in [1.29, 1.82) is 0 Å². The van der Waals surface area contributed by atoms with Gasteiger partial charge in [-0.2, -0.15) is 0 Å².